The molecule has 1 atom stereocenters. The fourth-order valence-electron chi connectivity index (χ4n) is 0.354. The summed E-state index contributed by atoms with van der Waals surface area (Å²) in [6.45, 7) is 7.00. The van der Waals surface area contributed by atoms with Gasteiger partial charge in [0, 0.05) is 5.92 Å². The van der Waals surface area contributed by atoms with Gasteiger partial charge in [0.05, 0.1) is 0 Å². The summed E-state index contributed by atoms with van der Waals surface area (Å²) in [6.07, 6.45) is 1.87. The van der Waals surface area contributed by atoms with E-state index in [1.165, 1.54) is 11.8 Å². The lowest BCUT2D eigenvalue weighted by molar-refractivity contribution is -0.118. The highest BCUT2D eigenvalue weighted by molar-refractivity contribution is 8.04. The van der Waals surface area contributed by atoms with Crippen LogP contribution >= 0.6 is 11.8 Å². The highest BCUT2D eigenvalue weighted by atomic mass is 32.2. The monoisotopic (exact) mass is 156 g/mol. The maximum Gasteiger partial charge on any atom is 0.136 e. The van der Waals surface area contributed by atoms with Gasteiger partial charge in [-0.2, -0.15) is 0 Å². The molecule has 0 amide bonds. The lowest BCUT2D eigenvalue weighted by Crippen LogP contribution is -2.01. The van der Waals surface area contributed by atoms with E-state index in [-0.39, 0.29) is 11.7 Å². The van der Waals surface area contributed by atoms with E-state index in [1.807, 2.05) is 18.4 Å². The fraction of sp³-hybridized carbons (Fsp3) is 0.375. The molecule has 0 aliphatic heterocycles. The molecule has 0 saturated heterocycles. The van der Waals surface area contributed by atoms with Gasteiger partial charge in [-0.25, -0.2) is 0 Å². The molecule has 0 aliphatic rings. The van der Waals surface area contributed by atoms with E-state index in [9.17, 15) is 4.79 Å². The normalized spacial score (nSPS) is 13.4. The highest BCUT2D eigenvalue weighted by Gasteiger charge is 2.00. The van der Waals surface area contributed by atoms with Crippen molar-refractivity contribution in [3.63, 3.8) is 0 Å². The number of carbonyl (C=O) groups excluding carboxylic acids is 1. The first-order chi connectivity index (χ1) is 4.68. The Morgan fingerprint density at radius 2 is 2.30 bits per heavy atom. The zero-order valence-electron chi connectivity index (χ0n) is 6.33. The predicted molar refractivity (Wildman–Crippen MR) is 46.8 cm³/mol. The Labute approximate surface area is 66.2 Å². The molecule has 0 bridgehead atoms. The van der Waals surface area contributed by atoms with E-state index in [2.05, 4.69) is 6.58 Å². The van der Waals surface area contributed by atoms with Gasteiger partial charge in [-0.15, -0.1) is 11.8 Å². The third kappa shape index (κ3) is 4.39. The Morgan fingerprint density at radius 3 is 2.70 bits per heavy atom. The number of carbonyl (C=O) groups is 1. The maximum atomic E-state index is 10.7. The lowest BCUT2D eigenvalue weighted by atomic mass is 10.1. The van der Waals surface area contributed by atoms with Crippen LogP contribution in [0.5, 0.6) is 0 Å². The first kappa shape index (κ1) is 9.50. The van der Waals surface area contributed by atoms with Crippen molar-refractivity contribution < 1.29 is 4.79 Å². The summed E-state index contributed by atoms with van der Waals surface area (Å²) < 4.78 is 0. The molecule has 0 spiro atoms. The summed E-state index contributed by atoms with van der Waals surface area (Å²) in [4.78, 5) is 10.7. The van der Waals surface area contributed by atoms with Gasteiger partial charge in [0.2, 0.25) is 0 Å². The molecular formula is C8H12OS. The highest BCUT2D eigenvalue weighted by Crippen LogP contribution is 2.06. The predicted octanol–water partition coefficient (Wildman–Crippen LogP) is 2.60. The molecule has 0 N–H and O–H groups in total. The van der Waals surface area contributed by atoms with Crippen molar-refractivity contribution >= 4 is 17.5 Å². The van der Waals surface area contributed by atoms with Gasteiger partial charge >= 0.3 is 0 Å². The zero-order chi connectivity index (χ0) is 7.98. The van der Waals surface area contributed by atoms with E-state index < -0.39 is 0 Å². The van der Waals surface area contributed by atoms with Crippen LogP contribution in [0.1, 0.15) is 13.8 Å². The number of Topliss-reactive ketones (excluding diaryl/α,β-unsaturated/α-hetero) is 1. The van der Waals surface area contributed by atoms with Gasteiger partial charge in [-0.3, -0.25) is 4.79 Å². The Bertz CT molecular complexity index is 149. The minimum absolute atomic E-state index is 0.0347. The van der Waals surface area contributed by atoms with E-state index in [4.69, 9.17) is 0 Å². The SMILES string of the molecule is C=CS/C=C\C(C)C(C)=O. The Hall–Kier alpha value is -0.500. The summed E-state index contributed by atoms with van der Waals surface area (Å²) in [6, 6.07) is 0. The quantitative estimate of drug-likeness (QED) is 0.622. The molecule has 1 nitrogen and oxygen atoms in total. The van der Waals surface area contributed by atoms with Crippen LogP contribution in [0.2, 0.25) is 0 Å². The van der Waals surface area contributed by atoms with Crippen LogP contribution in [0.3, 0.4) is 0 Å². The Balaban J connectivity index is 3.65. The number of ketones is 1. The first-order valence-corrected chi connectivity index (χ1v) is 4.06. The molecule has 0 aromatic carbocycles. The van der Waals surface area contributed by atoms with Crippen molar-refractivity contribution in [3.8, 4) is 0 Å². The van der Waals surface area contributed by atoms with Crippen LogP contribution in [-0.4, -0.2) is 5.78 Å². The van der Waals surface area contributed by atoms with Crippen LogP contribution in [0, 0.1) is 5.92 Å². The standard InChI is InChI=1S/C8H12OS/c1-4-10-6-5-7(2)8(3)9/h4-7H,1H2,2-3H3/b6-5-. The zero-order valence-corrected chi connectivity index (χ0v) is 7.15. The molecule has 0 rings (SSSR count). The van der Waals surface area contributed by atoms with E-state index in [1.54, 1.807) is 12.3 Å². The second-order valence-corrected chi connectivity index (χ2v) is 2.91. The molecule has 1 unspecified atom stereocenters. The van der Waals surface area contributed by atoms with Gasteiger partial charge < -0.3 is 0 Å². The number of rotatable bonds is 4. The van der Waals surface area contributed by atoms with Crippen LogP contribution in [0.15, 0.2) is 23.5 Å². The smallest absolute Gasteiger partial charge is 0.136 e. The first-order valence-electron chi connectivity index (χ1n) is 3.12. The van der Waals surface area contributed by atoms with Crippen LogP contribution < -0.4 is 0 Å². The summed E-state index contributed by atoms with van der Waals surface area (Å²) in [5.41, 5.74) is 0. The van der Waals surface area contributed by atoms with Gasteiger partial charge in [0.15, 0.2) is 0 Å². The number of thioether (sulfide) groups is 1. The molecule has 0 saturated carbocycles. The van der Waals surface area contributed by atoms with Crippen molar-refractivity contribution in [2.24, 2.45) is 5.92 Å². The van der Waals surface area contributed by atoms with E-state index in [0.29, 0.717) is 0 Å². The second-order valence-electron chi connectivity index (χ2n) is 2.03. The average Bonchev–Trinajstić information content (AvgIpc) is 1.88. The Kier molecular flexibility index (Phi) is 5.03. The van der Waals surface area contributed by atoms with Crippen molar-refractivity contribution in [1.29, 1.82) is 0 Å². The molecule has 0 aromatic rings. The third-order valence-corrected chi connectivity index (χ3v) is 1.69. The second kappa shape index (κ2) is 5.30. The molecular weight excluding hydrogens is 144 g/mol. The topological polar surface area (TPSA) is 17.1 Å². The van der Waals surface area contributed by atoms with Crippen molar-refractivity contribution in [1.82, 2.24) is 0 Å². The van der Waals surface area contributed by atoms with E-state index in [0.717, 1.165) is 0 Å². The summed E-state index contributed by atoms with van der Waals surface area (Å²) in [5, 5.41) is 3.60. The summed E-state index contributed by atoms with van der Waals surface area (Å²) in [5.74, 6) is 0.230. The van der Waals surface area contributed by atoms with Gasteiger partial charge in [-0.05, 0) is 17.7 Å². The molecule has 10 heavy (non-hydrogen) atoms. The van der Waals surface area contributed by atoms with Gasteiger partial charge in [0.1, 0.15) is 5.78 Å². The summed E-state index contributed by atoms with van der Waals surface area (Å²) in [7, 11) is 0. The molecule has 0 fully saturated rings. The van der Waals surface area contributed by atoms with E-state index >= 15 is 0 Å². The minimum atomic E-state index is 0.0347. The molecule has 0 aliphatic carbocycles. The van der Waals surface area contributed by atoms with Crippen LogP contribution in [0.4, 0.5) is 0 Å². The van der Waals surface area contributed by atoms with Crippen LogP contribution in [0.25, 0.3) is 0 Å². The lowest BCUT2D eigenvalue weighted by Gasteiger charge is -1.96. The molecule has 0 aromatic heterocycles. The number of allylic oxidation sites excluding steroid dienone is 1. The average molecular weight is 156 g/mol. The molecule has 56 valence electrons. The van der Waals surface area contributed by atoms with Crippen LogP contribution in [-0.2, 0) is 4.79 Å². The molecule has 0 radical (unpaired) electrons. The third-order valence-electron chi connectivity index (χ3n) is 1.18. The van der Waals surface area contributed by atoms with Crippen molar-refractivity contribution in [2.45, 2.75) is 13.8 Å². The molecule has 2 heteroatoms. The van der Waals surface area contributed by atoms with Crippen molar-refractivity contribution in [2.75, 3.05) is 0 Å². The summed E-state index contributed by atoms with van der Waals surface area (Å²) >= 11 is 1.48. The molecule has 0 heterocycles. The Morgan fingerprint density at radius 1 is 1.70 bits per heavy atom. The number of hydrogen-bond donors (Lipinski definition) is 0. The maximum absolute atomic E-state index is 10.7. The fourth-order valence-corrected chi connectivity index (χ4v) is 0.792. The number of hydrogen-bond acceptors (Lipinski definition) is 2. The van der Waals surface area contributed by atoms with Gasteiger partial charge in [-0.1, -0.05) is 19.6 Å². The van der Waals surface area contributed by atoms with Gasteiger partial charge in [0.25, 0.3) is 0 Å². The minimum Gasteiger partial charge on any atom is -0.299 e. The van der Waals surface area contributed by atoms with Crippen molar-refractivity contribution in [3.05, 3.63) is 23.5 Å². The largest absolute Gasteiger partial charge is 0.299 e.